The highest BCUT2D eigenvalue weighted by atomic mass is 79.9. The van der Waals surface area contributed by atoms with E-state index < -0.39 is 0 Å². The lowest BCUT2D eigenvalue weighted by Crippen LogP contribution is -2.29. The van der Waals surface area contributed by atoms with Gasteiger partial charge in [-0.1, -0.05) is 28.4 Å². The first-order valence-corrected chi connectivity index (χ1v) is 7.14. The number of benzene rings is 1. The number of anilines is 1. The van der Waals surface area contributed by atoms with Crippen molar-refractivity contribution in [1.82, 2.24) is 5.32 Å². The van der Waals surface area contributed by atoms with Gasteiger partial charge >= 0.3 is 0 Å². The molecular weight excluding hydrogens is 276 g/mol. The molecule has 0 amide bonds. The van der Waals surface area contributed by atoms with Gasteiger partial charge in [0, 0.05) is 30.3 Å². The number of halogens is 1. The third-order valence-electron chi connectivity index (χ3n) is 3.60. The topological polar surface area (TPSA) is 15.3 Å². The lowest BCUT2D eigenvalue weighted by atomic mass is 9.85. The van der Waals surface area contributed by atoms with Crippen LogP contribution in [0.4, 0.5) is 5.69 Å². The van der Waals surface area contributed by atoms with Gasteiger partial charge in [-0.05, 0) is 43.5 Å². The lowest BCUT2D eigenvalue weighted by Gasteiger charge is -2.31. The zero-order chi connectivity index (χ0) is 12.3. The quantitative estimate of drug-likeness (QED) is 0.896. The van der Waals surface area contributed by atoms with E-state index in [2.05, 4.69) is 51.4 Å². The molecule has 0 unspecified atom stereocenters. The normalized spacial score (nSPS) is 15.7. The molecule has 1 aromatic carbocycles. The van der Waals surface area contributed by atoms with Crippen molar-refractivity contribution in [2.75, 3.05) is 25.5 Å². The van der Waals surface area contributed by atoms with Crippen LogP contribution in [-0.4, -0.2) is 20.6 Å². The summed E-state index contributed by atoms with van der Waals surface area (Å²) in [4.78, 5) is 2.37. The largest absolute Gasteiger partial charge is 0.374 e. The second-order valence-electron chi connectivity index (χ2n) is 4.98. The number of nitrogens with zero attached hydrogens (tertiary/aromatic N) is 1. The van der Waals surface area contributed by atoms with Crippen LogP contribution in [0.15, 0.2) is 22.7 Å². The standard InChI is InChI=1S/C14H21BrN2/c1-16-9-12-6-7-13(8-14(12)15)17(2)10-11-4-3-5-11/h6-8,11,16H,3-5,9-10H2,1-2H3. The first-order chi connectivity index (χ1) is 8.20. The summed E-state index contributed by atoms with van der Waals surface area (Å²) in [6, 6.07) is 6.65. The number of hydrogen-bond donors (Lipinski definition) is 1. The maximum Gasteiger partial charge on any atom is 0.0375 e. The molecule has 0 atom stereocenters. The molecule has 0 aromatic heterocycles. The molecule has 0 bridgehead atoms. The average Bonchev–Trinajstić information content (AvgIpc) is 2.26. The van der Waals surface area contributed by atoms with Crippen molar-refractivity contribution >= 4 is 21.6 Å². The monoisotopic (exact) mass is 296 g/mol. The fourth-order valence-electron chi connectivity index (χ4n) is 2.28. The summed E-state index contributed by atoms with van der Waals surface area (Å²) in [7, 11) is 4.17. The fourth-order valence-corrected chi connectivity index (χ4v) is 2.78. The maximum atomic E-state index is 3.65. The van der Waals surface area contributed by atoms with Gasteiger partial charge < -0.3 is 10.2 Å². The predicted octanol–water partition coefficient (Wildman–Crippen LogP) is 3.40. The first-order valence-electron chi connectivity index (χ1n) is 6.35. The van der Waals surface area contributed by atoms with Gasteiger partial charge in [0.2, 0.25) is 0 Å². The minimum absolute atomic E-state index is 0.910. The van der Waals surface area contributed by atoms with E-state index >= 15 is 0 Å². The van der Waals surface area contributed by atoms with E-state index in [1.165, 1.54) is 41.5 Å². The zero-order valence-corrected chi connectivity index (χ0v) is 12.3. The van der Waals surface area contributed by atoms with Crippen molar-refractivity contribution in [3.8, 4) is 0 Å². The van der Waals surface area contributed by atoms with Crippen LogP contribution in [0.25, 0.3) is 0 Å². The van der Waals surface area contributed by atoms with Gasteiger partial charge in [-0.15, -0.1) is 0 Å². The molecule has 2 nitrogen and oxygen atoms in total. The summed E-state index contributed by atoms with van der Waals surface area (Å²) in [6.07, 6.45) is 4.23. The van der Waals surface area contributed by atoms with Gasteiger partial charge in [0.25, 0.3) is 0 Å². The Balaban J connectivity index is 2.02. The summed E-state index contributed by atoms with van der Waals surface area (Å²) in [5.41, 5.74) is 2.62. The van der Waals surface area contributed by atoms with Crippen molar-refractivity contribution < 1.29 is 0 Å². The average molecular weight is 297 g/mol. The Hall–Kier alpha value is -0.540. The molecule has 0 spiro atoms. The second kappa shape index (κ2) is 5.87. The van der Waals surface area contributed by atoms with Crippen molar-refractivity contribution in [2.45, 2.75) is 25.8 Å². The lowest BCUT2D eigenvalue weighted by molar-refractivity contribution is 0.321. The molecule has 0 aliphatic heterocycles. The van der Waals surface area contributed by atoms with E-state index in [-0.39, 0.29) is 0 Å². The van der Waals surface area contributed by atoms with E-state index in [4.69, 9.17) is 0 Å². The van der Waals surface area contributed by atoms with Crippen LogP contribution in [0.5, 0.6) is 0 Å². The van der Waals surface area contributed by atoms with Crippen molar-refractivity contribution in [3.63, 3.8) is 0 Å². The number of hydrogen-bond acceptors (Lipinski definition) is 2. The van der Waals surface area contributed by atoms with Gasteiger partial charge in [0.1, 0.15) is 0 Å². The Morgan fingerprint density at radius 3 is 2.71 bits per heavy atom. The highest BCUT2D eigenvalue weighted by Gasteiger charge is 2.19. The maximum absolute atomic E-state index is 3.65. The van der Waals surface area contributed by atoms with Crippen LogP contribution < -0.4 is 10.2 Å². The highest BCUT2D eigenvalue weighted by molar-refractivity contribution is 9.10. The minimum atomic E-state index is 0.910. The molecular formula is C14H21BrN2. The number of nitrogens with one attached hydrogen (secondary N) is 1. The Morgan fingerprint density at radius 1 is 1.41 bits per heavy atom. The molecule has 1 aromatic rings. The summed E-state index contributed by atoms with van der Waals surface area (Å²) < 4.78 is 1.20. The smallest absolute Gasteiger partial charge is 0.0375 e. The molecule has 3 heteroatoms. The van der Waals surface area contributed by atoms with Gasteiger partial charge in [0.15, 0.2) is 0 Å². The van der Waals surface area contributed by atoms with Gasteiger partial charge in [-0.2, -0.15) is 0 Å². The van der Waals surface area contributed by atoms with Gasteiger partial charge in [-0.3, -0.25) is 0 Å². The Morgan fingerprint density at radius 2 is 2.18 bits per heavy atom. The fraction of sp³-hybridized carbons (Fsp3) is 0.571. The highest BCUT2D eigenvalue weighted by Crippen LogP contribution is 2.29. The van der Waals surface area contributed by atoms with Gasteiger partial charge in [-0.25, -0.2) is 0 Å². The van der Waals surface area contributed by atoms with E-state index in [0.717, 1.165) is 12.5 Å². The van der Waals surface area contributed by atoms with Crippen molar-refractivity contribution in [3.05, 3.63) is 28.2 Å². The van der Waals surface area contributed by atoms with Crippen molar-refractivity contribution in [2.24, 2.45) is 5.92 Å². The van der Waals surface area contributed by atoms with Crippen LogP contribution in [0.3, 0.4) is 0 Å². The van der Waals surface area contributed by atoms with Gasteiger partial charge in [0.05, 0.1) is 0 Å². The van der Waals surface area contributed by atoms with E-state index in [1.807, 2.05) is 7.05 Å². The molecule has 1 aliphatic carbocycles. The van der Waals surface area contributed by atoms with Crippen LogP contribution in [0.1, 0.15) is 24.8 Å². The van der Waals surface area contributed by atoms with Crippen LogP contribution >= 0.6 is 15.9 Å². The Bertz CT molecular complexity index is 374. The SMILES string of the molecule is CNCc1ccc(N(C)CC2CCC2)cc1Br. The molecule has 17 heavy (non-hydrogen) atoms. The van der Waals surface area contributed by atoms with Crippen LogP contribution in [0.2, 0.25) is 0 Å². The van der Waals surface area contributed by atoms with Crippen LogP contribution in [-0.2, 0) is 6.54 Å². The molecule has 1 saturated carbocycles. The molecule has 0 radical (unpaired) electrons. The third kappa shape index (κ3) is 3.23. The molecule has 0 heterocycles. The number of rotatable bonds is 5. The summed E-state index contributed by atoms with van der Waals surface area (Å²) >= 11 is 3.65. The Kier molecular flexibility index (Phi) is 4.46. The summed E-state index contributed by atoms with van der Waals surface area (Å²) in [6.45, 7) is 2.10. The molecule has 1 fully saturated rings. The summed E-state index contributed by atoms with van der Waals surface area (Å²) in [5, 5.41) is 3.18. The third-order valence-corrected chi connectivity index (χ3v) is 4.34. The van der Waals surface area contributed by atoms with E-state index in [1.54, 1.807) is 0 Å². The molecule has 2 rings (SSSR count). The molecule has 1 N–H and O–H groups in total. The summed E-state index contributed by atoms with van der Waals surface area (Å²) in [5.74, 6) is 0.913. The first kappa shape index (κ1) is 12.9. The molecule has 94 valence electrons. The molecule has 1 aliphatic rings. The zero-order valence-electron chi connectivity index (χ0n) is 10.7. The molecule has 0 saturated heterocycles. The second-order valence-corrected chi connectivity index (χ2v) is 5.84. The van der Waals surface area contributed by atoms with E-state index in [9.17, 15) is 0 Å². The van der Waals surface area contributed by atoms with E-state index in [0.29, 0.717) is 0 Å². The van der Waals surface area contributed by atoms with Crippen LogP contribution in [0, 0.1) is 5.92 Å². The Labute approximate surface area is 113 Å². The van der Waals surface area contributed by atoms with Crippen molar-refractivity contribution in [1.29, 1.82) is 0 Å². The minimum Gasteiger partial charge on any atom is -0.374 e. The predicted molar refractivity (Wildman–Crippen MR) is 77.5 cm³/mol.